The first-order valence-electron chi connectivity index (χ1n) is 7.88. The summed E-state index contributed by atoms with van der Waals surface area (Å²) < 4.78 is 0. The fourth-order valence-electron chi connectivity index (χ4n) is 3.22. The molecule has 1 N–H and O–H groups in total. The van der Waals surface area contributed by atoms with E-state index in [0.29, 0.717) is 0 Å². The first-order valence-corrected chi connectivity index (χ1v) is 7.88. The summed E-state index contributed by atoms with van der Waals surface area (Å²) in [6.07, 6.45) is 1.01. The molecule has 2 nitrogen and oxygen atoms in total. The van der Waals surface area contributed by atoms with Crippen molar-refractivity contribution in [3.63, 3.8) is 0 Å². The second kappa shape index (κ2) is 6.78. The van der Waals surface area contributed by atoms with Crippen molar-refractivity contribution < 1.29 is 4.79 Å². The highest BCUT2D eigenvalue weighted by Crippen LogP contribution is 2.24. The lowest BCUT2D eigenvalue weighted by atomic mass is 9.91. The number of carbonyl (C=O) groups excluding carboxylic acids is 1. The van der Waals surface area contributed by atoms with Crippen LogP contribution in [0.2, 0.25) is 0 Å². The van der Waals surface area contributed by atoms with E-state index in [1.54, 1.807) is 6.92 Å². The lowest BCUT2D eigenvalue weighted by molar-refractivity contribution is 0.101. The number of carbonyl (C=O) groups is 1. The third-order valence-corrected chi connectivity index (χ3v) is 4.34. The maximum atomic E-state index is 11.9. The van der Waals surface area contributed by atoms with Crippen molar-refractivity contribution in [3.05, 3.63) is 63.7 Å². The minimum atomic E-state index is 0.144. The number of para-hydroxylation sites is 1. The van der Waals surface area contributed by atoms with E-state index in [4.69, 9.17) is 0 Å². The number of benzene rings is 2. The van der Waals surface area contributed by atoms with Crippen molar-refractivity contribution in [1.29, 1.82) is 0 Å². The molecule has 0 heterocycles. The molecule has 2 heteroatoms. The van der Waals surface area contributed by atoms with Crippen molar-refractivity contribution in [1.82, 2.24) is 0 Å². The van der Waals surface area contributed by atoms with Crippen LogP contribution in [0.15, 0.2) is 30.3 Å². The molecule has 0 saturated carbocycles. The number of nitrogens with one attached hydrogen (secondary N) is 1. The standard InChI is InChI=1S/C20H25NO/c1-6-17-9-7-8-10-19(17)21-12-18-13(2)11-14(3)20(15(18)4)16(5)22/h7-11,21H,6,12H2,1-5H3. The van der Waals surface area contributed by atoms with Crippen LogP contribution in [0.25, 0.3) is 0 Å². The molecule has 0 aliphatic heterocycles. The van der Waals surface area contributed by atoms with Crippen molar-refractivity contribution in [3.8, 4) is 0 Å². The van der Waals surface area contributed by atoms with E-state index in [0.717, 1.165) is 29.7 Å². The Kier molecular flexibility index (Phi) is 5.02. The van der Waals surface area contributed by atoms with Gasteiger partial charge in [0.1, 0.15) is 0 Å². The number of anilines is 1. The van der Waals surface area contributed by atoms with Gasteiger partial charge in [-0.2, -0.15) is 0 Å². The molecule has 0 aliphatic rings. The van der Waals surface area contributed by atoms with Gasteiger partial charge in [0.25, 0.3) is 0 Å². The summed E-state index contributed by atoms with van der Waals surface area (Å²) in [6, 6.07) is 10.5. The molecule has 0 fully saturated rings. The van der Waals surface area contributed by atoms with E-state index in [1.807, 2.05) is 6.92 Å². The molecule has 2 aromatic carbocycles. The Morgan fingerprint density at radius 2 is 1.77 bits per heavy atom. The number of rotatable bonds is 5. The third kappa shape index (κ3) is 3.22. The minimum Gasteiger partial charge on any atom is -0.381 e. The second-order valence-electron chi connectivity index (χ2n) is 5.91. The van der Waals surface area contributed by atoms with Gasteiger partial charge in [0.2, 0.25) is 0 Å². The van der Waals surface area contributed by atoms with Gasteiger partial charge in [-0.05, 0) is 68.0 Å². The van der Waals surface area contributed by atoms with Crippen LogP contribution in [-0.2, 0) is 13.0 Å². The van der Waals surface area contributed by atoms with Gasteiger partial charge < -0.3 is 5.32 Å². The van der Waals surface area contributed by atoms with Crippen LogP contribution in [0.4, 0.5) is 5.69 Å². The summed E-state index contributed by atoms with van der Waals surface area (Å²) in [5, 5.41) is 3.54. The maximum absolute atomic E-state index is 11.9. The van der Waals surface area contributed by atoms with Crippen molar-refractivity contribution >= 4 is 11.5 Å². The van der Waals surface area contributed by atoms with Gasteiger partial charge in [0, 0.05) is 17.8 Å². The molecule has 116 valence electrons. The quantitative estimate of drug-likeness (QED) is 0.787. The predicted molar refractivity (Wildman–Crippen MR) is 93.8 cm³/mol. The van der Waals surface area contributed by atoms with E-state index in [9.17, 15) is 4.79 Å². The largest absolute Gasteiger partial charge is 0.381 e. The molecule has 0 radical (unpaired) electrons. The molecule has 0 aliphatic carbocycles. The van der Waals surface area contributed by atoms with Crippen LogP contribution in [0.3, 0.4) is 0 Å². The molecule has 2 rings (SSSR count). The SMILES string of the molecule is CCc1ccccc1NCc1c(C)cc(C)c(C(C)=O)c1C. The Labute approximate surface area is 133 Å². The number of Topliss-reactive ketones (excluding diaryl/α,β-unsaturated/α-hetero) is 1. The second-order valence-corrected chi connectivity index (χ2v) is 5.91. The summed E-state index contributed by atoms with van der Waals surface area (Å²) in [7, 11) is 0. The van der Waals surface area contributed by atoms with E-state index in [2.05, 4.69) is 56.4 Å². The van der Waals surface area contributed by atoms with Gasteiger partial charge in [-0.25, -0.2) is 0 Å². The molecule has 0 atom stereocenters. The molecule has 0 amide bonds. The number of hydrogen-bond donors (Lipinski definition) is 1. The van der Waals surface area contributed by atoms with E-state index >= 15 is 0 Å². The van der Waals surface area contributed by atoms with Crippen LogP contribution >= 0.6 is 0 Å². The Morgan fingerprint density at radius 1 is 1.09 bits per heavy atom. The number of hydrogen-bond acceptors (Lipinski definition) is 2. The van der Waals surface area contributed by atoms with Gasteiger partial charge in [-0.15, -0.1) is 0 Å². The molecule has 2 aromatic rings. The van der Waals surface area contributed by atoms with E-state index in [-0.39, 0.29) is 5.78 Å². The Balaban J connectivity index is 2.34. The zero-order valence-corrected chi connectivity index (χ0v) is 14.2. The maximum Gasteiger partial charge on any atom is 0.160 e. The topological polar surface area (TPSA) is 29.1 Å². The van der Waals surface area contributed by atoms with Gasteiger partial charge >= 0.3 is 0 Å². The summed E-state index contributed by atoms with van der Waals surface area (Å²) in [6.45, 7) is 10.7. The molecular formula is C20H25NO. The van der Waals surface area contributed by atoms with Gasteiger partial charge in [-0.3, -0.25) is 4.79 Å². The highest BCUT2D eigenvalue weighted by atomic mass is 16.1. The van der Waals surface area contributed by atoms with Crippen molar-refractivity contribution in [2.45, 2.75) is 47.6 Å². The lowest BCUT2D eigenvalue weighted by Gasteiger charge is -2.18. The Morgan fingerprint density at radius 3 is 2.41 bits per heavy atom. The van der Waals surface area contributed by atoms with Gasteiger partial charge in [0.05, 0.1) is 0 Å². The van der Waals surface area contributed by atoms with E-state index in [1.165, 1.54) is 22.4 Å². The summed E-state index contributed by atoms with van der Waals surface area (Å²) in [4.78, 5) is 11.9. The monoisotopic (exact) mass is 295 g/mol. The summed E-state index contributed by atoms with van der Waals surface area (Å²) in [5.41, 5.74) is 7.99. The van der Waals surface area contributed by atoms with Crippen LogP contribution in [0, 0.1) is 20.8 Å². The molecule has 0 unspecified atom stereocenters. The first kappa shape index (κ1) is 16.3. The normalized spacial score (nSPS) is 10.6. The molecule has 0 aromatic heterocycles. The first-order chi connectivity index (χ1) is 10.5. The predicted octanol–water partition coefficient (Wildman–Crippen LogP) is 4.99. The minimum absolute atomic E-state index is 0.144. The Hall–Kier alpha value is -2.09. The fraction of sp³-hybridized carbons (Fsp3) is 0.350. The summed E-state index contributed by atoms with van der Waals surface area (Å²) >= 11 is 0. The van der Waals surface area contributed by atoms with Crippen molar-refractivity contribution in [2.24, 2.45) is 0 Å². The fourth-order valence-corrected chi connectivity index (χ4v) is 3.22. The summed E-state index contributed by atoms with van der Waals surface area (Å²) in [5.74, 6) is 0.144. The number of aryl methyl sites for hydroxylation is 3. The van der Waals surface area contributed by atoms with E-state index < -0.39 is 0 Å². The average molecular weight is 295 g/mol. The average Bonchev–Trinajstić information content (AvgIpc) is 2.46. The molecular weight excluding hydrogens is 270 g/mol. The molecule has 22 heavy (non-hydrogen) atoms. The highest BCUT2D eigenvalue weighted by Gasteiger charge is 2.14. The van der Waals surface area contributed by atoms with Crippen LogP contribution in [-0.4, -0.2) is 5.78 Å². The highest BCUT2D eigenvalue weighted by molar-refractivity contribution is 5.97. The zero-order valence-electron chi connectivity index (χ0n) is 14.2. The van der Waals surface area contributed by atoms with Crippen LogP contribution in [0.5, 0.6) is 0 Å². The third-order valence-electron chi connectivity index (χ3n) is 4.34. The molecule has 0 saturated heterocycles. The van der Waals surface area contributed by atoms with Crippen LogP contribution < -0.4 is 5.32 Å². The zero-order chi connectivity index (χ0) is 16.3. The number of ketones is 1. The molecule has 0 spiro atoms. The Bertz CT molecular complexity index is 701. The van der Waals surface area contributed by atoms with Crippen LogP contribution in [0.1, 0.15) is 52.0 Å². The van der Waals surface area contributed by atoms with Gasteiger partial charge in [-0.1, -0.05) is 31.2 Å². The smallest absolute Gasteiger partial charge is 0.160 e. The lowest BCUT2D eigenvalue weighted by Crippen LogP contribution is -2.10. The molecule has 0 bridgehead atoms. The van der Waals surface area contributed by atoms with Gasteiger partial charge in [0.15, 0.2) is 5.78 Å². The van der Waals surface area contributed by atoms with Crippen molar-refractivity contribution in [2.75, 3.05) is 5.32 Å².